The molecule has 0 atom stereocenters. The molecule has 0 unspecified atom stereocenters. The second kappa shape index (κ2) is 13.4. The Morgan fingerprint density at radius 3 is 2.66 bits per heavy atom. The lowest BCUT2D eigenvalue weighted by Gasteiger charge is -2.33. The third-order valence-corrected chi connectivity index (χ3v) is 5.26. The van der Waals surface area contributed by atoms with Crippen molar-refractivity contribution < 1.29 is 9.47 Å². The van der Waals surface area contributed by atoms with Crippen molar-refractivity contribution in [3.8, 4) is 5.75 Å². The predicted molar refractivity (Wildman–Crippen MR) is 121 cm³/mol. The van der Waals surface area contributed by atoms with Gasteiger partial charge in [0.2, 0.25) is 0 Å². The largest absolute Gasteiger partial charge is 0.491 e. The topological polar surface area (TPSA) is 58.1 Å². The summed E-state index contributed by atoms with van der Waals surface area (Å²) in [7, 11) is 1.77. The van der Waals surface area contributed by atoms with Gasteiger partial charge in [0.05, 0.1) is 6.54 Å². The molecule has 1 aromatic carbocycles. The summed E-state index contributed by atoms with van der Waals surface area (Å²) in [5.41, 5.74) is 1.25. The molecule has 0 saturated carbocycles. The Balaban J connectivity index is 1.76. The molecule has 0 aliphatic carbocycles. The summed E-state index contributed by atoms with van der Waals surface area (Å²) in [4.78, 5) is 7.25. The van der Waals surface area contributed by atoms with E-state index in [1.165, 1.54) is 5.56 Å². The number of ether oxygens (including phenoxy) is 2. The fourth-order valence-electron chi connectivity index (χ4n) is 3.65. The molecule has 2 N–H and O–H groups in total. The lowest BCUT2D eigenvalue weighted by Crippen LogP contribution is -2.49. The first kappa shape index (κ1) is 23.5. The van der Waals surface area contributed by atoms with Gasteiger partial charge >= 0.3 is 0 Å². The monoisotopic (exact) mass is 404 g/mol. The molecule has 1 saturated heterocycles. The van der Waals surface area contributed by atoms with Gasteiger partial charge in [-0.3, -0.25) is 0 Å². The number of benzene rings is 1. The van der Waals surface area contributed by atoms with E-state index in [0.717, 1.165) is 63.8 Å². The number of nitrogens with one attached hydrogen (secondary N) is 2. The van der Waals surface area contributed by atoms with Crippen LogP contribution in [0.5, 0.6) is 5.75 Å². The summed E-state index contributed by atoms with van der Waals surface area (Å²) in [6, 6.07) is 8.75. The maximum Gasteiger partial charge on any atom is 0.191 e. The smallest absolute Gasteiger partial charge is 0.191 e. The number of likely N-dealkylation sites (tertiary alicyclic amines) is 1. The van der Waals surface area contributed by atoms with E-state index in [4.69, 9.17) is 14.5 Å². The molecule has 1 aromatic rings. The van der Waals surface area contributed by atoms with Crippen LogP contribution in [0.4, 0.5) is 0 Å². The molecule has 6 nitrogen and oxygen atoms in total. The number of rotatable bonds is 11. The molecule has 1 aliphatic heterocycles. The van der Waals surface area contributed by atoms with Crippen molar-refractivity contribution in [1.82, 2.24) is 15.5 Å². The maximum absolute atomic E-state index is 6.00. The average molecular weight is 405 g/mol. The van der Waals surface area contributed by atoms with Gasteiger partial charge in [-0.15, -0.1) is 0 Å². The van der Waals surface area contributed by atoms with Crippen LogP contribution in [-0.4, -0.2) is 69.9 Å². The Kier molecular flexibility index (Phi) is 10.9. The zero-order valence-electron chi connectivity index (χ0n) is 18.7. The third-order valence-electron chi connectivity index (χ3n) is 5.26. The van der Waals surface area contributed by atoms with Crippen molar-refractivity contribution in [2.45, 2.75) is 52.0 Å². The summed E-state index contributed by atoms with van der Waals surface area (Å²) >= 11 is 0. The summed E-state index contributed by atoms with van der Waals surface area (Å²) in [6.07, 6.45) is 3.41. The highest BCUT2D eigenvalue weighted by atomic mass is 16.5. The first-order chi connectivity index (χ1) is 14.1. The number of aliphatic imine (C=N–C) groups is 1. The van der Waals surface area contributed by atoms with Crippen molar-refractivity contribution in [3.05, 3.63) is 29.8 Å². The minimum absolute atomic E-state index is 0.453. The van der Waals surface area contributed by atoms with Gasteiger partial charge in [0.15, 0.2) is 5.96 Å². The van der Waals surface area contributed by atoms with Crippen LogP contribution in [0.25, 0.3) is 0 Å². The molecule has 2 rings (SSSR count). The van der Waals surface area contributed by atoms with Gasteiger partial charge in [0, 0.05) is 45.9 Å². The van der Waals surface area contributed by atoms with Crippen molar-refractivity contribution in [2.24, 2.45) is 4.99 Å². The fourth-order valence-corrected chi connectivity index (χ4v) is 3.65. The number of guanidine groups is 1. The van der Waals surface area contributed by atoms with E-state index in [9.17, 15) is 0 Å². The molecular formula is C23H40N4O2. The van der Waals surface area contributed by atoms with Crippen molar-refractivity contribution in [1.29, 1.82) is 0 Å². The first-order valence-corrected chi connectivity index (χ1v) is 11.1. The highest BCUT2D eigenvalue weighted by molar-refractivity contribution is 5.80. The van der Waals surface area contributed by atoms with Gasteiger partial charge in [0.25, 0.3) is 0 Å². The summed E-state index contributed by atoms with van der Waals surface area (Å²) in [5.74, 6) is 2.32. The lowest BCUT2D eigenvalue weighted by atomic mass is 10.0. The molecule has 29 heavy (non-hydrogen) atoms. The summed E-state index contributed by atoms with van der Waals surface area (Å²) in [5, 5.41) is 6.97. The van der Waals surface area contributed by atoms with Crippen LogP contribution in [-0.2, 0) is 4.74 Å². The van der Waals surface area contributed by atoms with Gasteiger partial charge in [-0.2, -0.15) is 0 Å². The van der Waals surface area contributed by atoms with Crippen LogP contribution in [0.15, 0.2) is 29.3 Å². The lowest BCUT2D eigenvalue weighted by molar-refractivity contribution is 0.155. The van der Waals surface area contributed by atoms with Gasteiger partial charge in [-0.05, 0) is 43.7 Å². The zero-order valence-corrected chi connectivity index (χ0v) is 18.7. The fraction of sp³-hybridized carbons (Fsp3) is 0.696. The first-order valence-electron chi connectivity index (χ1n) is 11.1. The number of hydrogen-bond donors (Lipinski definition) is 2. The number of piperidine rings is 1. The van der Waals surface area contributed by atoms with Crippen LogP contribution in [0.1, 0.15) is 51.5 Å². The van der Waals surface area contributed by atoms with Crippen LogP contribution in [0.2, 0.25) is 0 Å². The third kappa shape index (κ3) is 8.62. The Bertz CT molecular complexity index is 598. The molecule has 0 spiro atoms. The molecule has 1 fully saturated rings. The Labute approximate surface area is 177 Å². The van der Waals surface area contributed by atoms with Gasteiger partial charge in [-0.1, -0.05) is 32.0 Å². The van der Waals surface area contributed by atoms with Crippen molar-refractivity contribution >= 4 is 5.96 Å². The quantitative estimate of drug-likeness (QED) is 0.337. The molecule has 1 heterocycles. The second-order valence-electron chi connectivity index (χ2n) is 7.91. The van der Waals surface area contributed by atoms with Crippen molar-refractivity contribution in [3.63, 3.8) is 0 Å². The van der Waals surface area contributed by atoms with Gasteiger partial charge in [-0.25, -0.2) is 4.99 Å². The van der Waals surface area contributed by atoms with E-state index >= 15 is 0 Å². The average Bonchev–Trinajstić information content (AvgIpc) is 2.73. The number of nitrogens with zero attached hydrogens (tertiary/aromatic N) is 2. The maximum atomic E-state index is 6.00. The number of para-hydroxylation sites is 1. The standard InChI is InChI=1S/C23H40N4O2/c1-5-24-23(26-20-11-15-27(16-12-20)14-8-17-28-4)25-13-18-29-22-10-7-6-9-21(22)19(2)3/h6-7,9-10,19-20H,5,8,11-18H2,1-4H3,(H2,24,25,26). The zero-order chi connectivity index (χ0) is 20.9. The molecule has 0 radical (unpaired) electrons. The minimum Gasteiger partial charge on any atom is -0.491 e. The SMILES string of the molecule is CCNC(=NCCOc1ccccc1C(C)C)NC1CCN(CCCOC)CC1. The molecule has 0 bridgehead atoms. The Morgan fingerprint density at radius 1 is 1.21 bits per heavy atom. The molecule has 1 aliphatic rings. The van der Waals surface area contributed by atoms with Gasteiger partial charge in [0.1, 0.15) is 12.4 Å². The Hall–Kier alpha value is -1.79. The molecular weight excluding hydrogens is 364 g/mol. The molecule has 0 aromatic heterocycles. The molecule has 0 amide bonds. The van der Waals surface area contributed by atoms with Crippen LogP contribution >= 0.6 is 0 Å². The number of hydrogen-bond acceptors (Lipinski definition) is 4. The van der Waals surface area contributed by atoms with E-state index < -0.39 is 0 Å². The van der Waals surface area contributed by atoms with Gasteiger partial charge < -0.3 is 25.0 Å². The number of methoxy groups -OCH3 is 1. The molecule has 6 heteroatoms. The summed E-state index contributed by atoms with van der Waals surface area (Å²) in [6.45, 7) is 12.8. The van der Waals surface area contributed by atoms with Crippen molar-refractivity contribution in [2.75, 3.05) is 53.0 Å². The van der Waals surface area contributed by atoms with Crippen LogP contribution in [0, 0.1) is 0 Å². The highest BCUT2D eigenvalue weighted by Gasteiger charge is 2.19. The summed E-state index contributed by atoms with van der Waals surface area (Å²) < 4.78 is 11.2. The minimum atomic E-state index is 0.453. The predicted octanol–water partition coefficient (Wildman–Crippen LogP) is 3.24. The van der Waals surface area contributed by atoms with E-state index in [2.05, 4.69) is 48.4 Å². The van der Waals surface area contributed by atoms with Crippen LogP contribution in [0.3, 0.4) is 0 Å². The van der Waals surface area contributed by atoms with E-state index in [1.807, 2.05) is 12.1 Å². The van der Waals surface area contributed by atoms with Crippen LogP contribution < -0.4 is 15.4 Å². The van der Waals surface area contributed by atoms with E-state index in [0.29, 0.717) is 25.1 Å². The highest BCUT2D eigenvalue weighted by Crippen LogP contribution is 2.25. The normalized spacial score (nSPS) is 16.2. The second-order valence-corrected chi connectivity index (χ2v) is 7.91. The Morgan fingerprint density at radius 2 is 1.97 bits per heavy atom. The van der Waals surface area contributed by atoms with E-state index in [-0.39, 0.29) is 0 Å². The molecule has 164 valence electrons. The van der Waals surface area contributed by atoms with E-state index in [1.54, 1.807) is 7.11 Å².